The lowest BCUT2D eigenvalue weighted by Crippen LogP contribution is -2.43. The third-order valence-electron chi connectivity index (χ3n) is 4.08. The third-order valence-corrected chi connectivity index (χ3v) is 4.08. The van der Waals surface area contributed by atoms with Gasteiger partial charge in [0.05, 0.1) is 0 Å². The van der Waals surface area contributed by atoms with Crippen LogP contribution in [0, 0.1) is 11.8 Å². The summed E-state index contributed by atoms with van der Waals surface area (Å²) in [5, 5.41) is 3.84. The normalized spacial score (nSPS) is 23.0. The van der Waals surface area contributed by atoms with Crippen molar-refractivity contribution in [3.8, 4) is 0 Å². The molecule has 0 aliphatic heterocycles. The summed E-state index contributed by atoms with van der Waals surface area (Å²) in [4.78, 5) is 0. The lowest BCUT2D eigenvalue weighted by atomic mass is 9.84. The zero-order valence-corrected chi connectivity index (χ0v) is 11.1. The van der Waals surface area contributed by atoms with Crippen molar-refractivity contribution in [2.75, 3.05) is 0 Å². The summed E-state index contributed by atoms with van der Waals surface area (Å²) < 4.78 is 0. The molecule has 2 atom stereocenters. The minimum Gasteiger partial charge on any atom is -0.311 e. The lowest BCUT2D eigenvalue weighted by molar-refractivity contribution is 0.242. The van der Waals surface area contributed by atoms with Gasteiger partial charge in [0.25, 0.3) is 0 Å². The van der Waals surface area contributed by atoms with Gasteiger partial charge in [-0.25, -0.2) is 0 Å². The van der Waals surface area contributed by atoms with Gasteiger partial charge < -0.3 is 5.32 Å². The van der Waals surface area contributed by atoms with Gasteiger partial charge >= 0.3 is 0 Å². The van der Waals surface area contributed by atoms with Crippen molar-refractivity contribution in [1.82, 2.24) is 5.32 Å². The van der Waals surface area contributed by atoms with E-state index in [0.29, 0.717) is 6.04 Å². The van der Waals surface area contributed by atoms with E-state index in [1.54, 1.807) is 0 Å². The van der Waals surface area contributed by atoms with Gasteiger partial charge in [-0.2, -0.15) is 0 Å². The predicted molar refractivity (Wildman–Crippen MR) is 68.1 cm³/mol. The Labute approximate surface area is 96.0 Å². The van der Waals surface area contributed by atoms with E-state index < -0.39 is 0 Å². The molecule has 15 heavy (non-hydrogen) atoms. The van der Waals surface area contributed by atoms with E-state index >= 15 is 0 Å². The Morgan fingerprint density at radius 2 is 1.67 bits per heavy atom. The molecule has 1 N–H and O–H groups in total. The molecular formula is C14H29N. The quantitative estimate of drug-likeness (QED) is 0.725. The van der Waals surface area contributed by atoms with Crippen molar-refractivity contribution in [2.45, 2.75) is 78.3 Å². The number of hydrogen-bond acceptors (Lipinski definition) is 1. The van der Waals surface area contributed by atoms with Gasteiger partial charge in [0.15, 0.2) is 0 Å². The topological polar surface area (TPSA) is 12.0 Å². The van der Waals surface area contributed by atoms with Gasteiger partial charge in [-0.05, 0) is 38.0 Å². The minimum atomic E-state index is 0.710. The van der Waals surface area contributed by atoms with Crippen molar-refractivity contribution in [3.63, 3.8) is 0 Å². The maximum atomic E-state index is 3.84. The van der Waals surface area contributed by atoms with Crippen LogP contribution in [0.5, 0.6) is 0 Å². The maximum absolute atomic E-state index is 3.84. The van der Waals surface area contributed by atoms with E-state index in [0.717, 1.165) is 17.9 Å². The highest BCUT2D eigenvalue weighted by Crippen LogP contribution is 2.27. The summed E-state index contributed by atoms with van der Waals surface area (Å²) in [6.07, 6.45) is 8.52. The van der Waals surface area contributed by atoms with Crippen LogP contribution in [-0.2, 0) is 0 Å². The van der Waals surface area contributed by atoms with Crippen LogP contribution >= 0.6 is 0 Å². The van der Waals surface area contributed by atoms with Gasteiger partial charge in [-0.1, -0.05) is 40.0 Å². The molecule has 1 rings (SSSR count). The Bertz CT molecular complexity index is 159. The fraction of sp³-hybridized carbons (Fsp3) is 1.00. The van der Waals surface area contributed by atoms with E-state index in [2.05, 4.69) is 33.0 Å². The summed E-state index contributed by atoms with van der Waals surface area (Å²) in [6, 6.07) is 1.43. The Morgan fingerprint density at radius 1 is 1.07 bits per heavy atom. The van der Waals surface area contributed by atoms with Crippen LogP contribution in [-0.4, -0.2) is 12.1 Å². The van der Waals surface area contributed by atoms with E-state index in [1.807, 2.05) is 0 Å². The first-order valence-electron chi connectivity index (χ1n) is 6.91. The molecule has 90 valence electrons. The van der Waals surface area contributed by atoms with Crippen LogP contribution in [0.1, 0.15) is 66.2 Å². The van der Waals surface area contributed by atoms with Gasteiger partial charge in [0.1, 0.15) is 0 Å². The first-order valence-corrected chi connectivity index (χ1v) is 6.91. The molecule has 0 saturated heterocycles. The van der Waals surface area contributed by atoms with Gasteiger partial charge in [-0.15, -0.1) is 0 Å². The molecule has 2 unspecified atom stereocenters. The fourth-order valence-corrected chi connectivity index (χ4v) is 2.89. The lowest BCUT2D eigenvalue weighted by Gasteiger charge is -2.33. The molecule has 0 aromatic carbocycles. The summed E-state index contributed by atoms with van der Waals surface area (Å²) in [7, 11) is 0. The molecule has 1 aliphatic rings. The SMILES string of the molecule is CCC(NC(C)C1CCCCC1)C(C)C. The van der Waals surface area contributed by atoms with E-state index in [1.165, 1.54) is 38.5 Å². The second kappa shape index (κ2) is 6.52. The molecular weight excluding hydrogens is 182 g/mol. The van der Waals surface area contributed by atoms with Gasteiger partial charge in [0, 0.05) is 12.1 Å². The second-order valence-electron chi connectivity index (χ2n) is 5.61. The summed E-state index contributed by atoms with van der Waals surface area (Å²) in [5.41, 5.74) is 0. The van der Waals surface area contributed by atoms with Crippen molar-refractivity contribution in [3.05, 3.63) is 0 Å². The number of rotatable bonds is 5. The molecule has 1 nitrogen and oxygen atoms in total. The van der Waals surface area contributed by atoms with E-state index in [4.69, 9.17) is 0 Å². The minimum absolute atomic E-state index is 0.710. The van der Waals surface area contributed by atoms with Gasteiger partial charge in [0.2, 0.25) is 0 Å². The fourth-order valence-electron chi connectivity index (χ4n) is 2.89. The highest BCUT2D eigenvalue weighted by molar-refractivity contribution is 4.80. The molecule has 0 amide bonds. The maximum Gasteiger partial charge on any atom is 0.00900 e. The Kier molecular flexibility index (Phi) is 5.66. The van der Waals surface area contributed by atoms with Crippen LogP contribution in [0.4, 0.5) is 0 Å². The average Bonchev–Trinajstić information content (AvgIpc) is 2.26. The smallest absolute Gasteiger partial charge is 0.00900 e. The highest BCUT2D eigenvalue weighted by Gasteiger charge is 2.22. The zero-order chi connectivity index (χ0) is 11.3. The van der Waals surface area contributed by atoms with Crippen LogP contribution in [0.2, 0.25) is 0 Å². The predicted octanol–water partition coefficient (Wildman–Crippen LogP) is 3.98. The van der Waals surface area contributed by atoms with Crippen molar-refractivity contribution >= 4 is 0 Å². The molecule has 1 saturated carbocycles. The third kappa shape index (κ3) is 4.14. The molecule has 0 bridgehead atoms. The van der Waals surface area contributed by atoms with Crippen LogP contribution < -0.4 is 5.32 Å². The molecule has 1 aliphatic carbocycles. The zero-order valence-electron chi connectivity index (χ0n) is 11.1. The van der Waals surface area contributed by atoms with Crippen LogP contribution in [0.15, 0.2) is 0 Å². The largest absolute Gasteiger partial charge is 0.311 e. The van der Waals surface area contributed by atoms with Crippen LogP contribution in [0.25, 0.3) is 0 Å². The summed E-state index contributed by atoms with van der Waals surface area (Å²) in [5.74, 6) is 1.70. The molecule has 1 fully saturated rings. The van der Waals surface area contributed by atoms with Crippen molar-refractivity contribution in [1.29, 1.82) is 0 Å². The molecule has 0 spiro atoms. The number of hydrogen-bond donors (Lipinski definition) is 1. The standard InChI is InChI=1S/C14H29N/c1-5-14(11(2)3)15-12(4)13-9-7-6-8-10-13/h11-15H,5-10H2,1-4H3. The first kappa shape index (κ1) is 13.0. The Balaban J connectivity index is 2.34. The van der Waals surface area contributed by atoms with E-state index in [9.17, 15) is 0 Å². The van der Waals surface area contributed by atoms with Crippen LogP contribution in [0.3, 0.4) is 0 Å². The van der Waals surface area contributed by atoms with Crippen molar-refractivity contribution < 1.29 is 0 Å². The second-order valence-corrected chi connectivity index (χ2v) is 5.61. The monoisotopic (exact) mass is 211 g/mol. The summed E-state index contributed by atoms with van der Waals surface area (Å²) >= 11 is 0. The Hall–Kier alpha value is -0.0400. The molecule has 0 heterocycles. The molecule has 0 aromatic heterocycles. The first-order chi connectivity index (χ1) is 7.15. The average molecular weight is 211 g/mol. The van der Waals surface area contributed by atoms with E-state index in [-0.39, 0.29) is 0 Å². The highest BCUT2D eigenvalue weighted by atomic mass is 15.0. The number of nitrogens with one attached hydrogen (secondary N) is 1. The molecule has 1 heteroatoms. The van der Waals surface area contributed by atoms with Gasteiger partial charge in [-0.3, -0.25) is 0 Å². The molecule has 0 aromatic rings. The Morgan fingerprint density at radius 3 is 2.13 bits per heavy atom. The van der Waals surface area contributed by atoms with Crippen molar-refractivity contribution in [2.24, 2.45) is 11.8 Å². The molecule has 0 radical (unpaired) electrons. The summed E-state index contributed by atoms with van der Waals surface area (Å²) in [6.45, 7) is 9.34.